The summed E-state index contributed by atoms with van der Waals surface area (Å²) in [5.41, 5.74) is 3.79. The Morgan fingerprint density at radius 1 is 1.07 bits per heavy atom. The minimum absolute atomic E-state index is 0.0607. The van der Waals surface area contributed by atoms with Crippen LogP contribution in [-0.2, 0) is 11.2 Å². The number of fused-ring (bicyclic) bond motifs is 3. The Hall–Kier alpha value is -2.80. The van der Waals surface area contributed by atoms with Crippen LogP contribution in [0.5, 0.6) is 0 Å². The van der Waals surface area contributed by atoms with Crippen LogP contribution >= 0.6 is 0 Å². The number of nitrogens with zero attached hydrogens (tertiary/aromatic N) is 4. The van der Waals surface area contributed by atoms with Gasteiger partial charge in [-0.2, -0.15) is 0 Å². The maximum absolute atomic E-state index is 12.9. The first kappa shape index (κ1) is 18.2. The average Bonchev–Trinajstić information content (AvgIpc) is 2.97. The second-order valence-corrected chi connectivity index (χ2v) is 7.91. The van der Waals surface area contributed by atoms with Crippen LogP contribution in [0.1, 0.15) is 12.0 Å². The Kier molecular flexibility index (Phi) is 4.97. The van der Waals surface area contributed by atoms with E-state index >= 15 is 0 Å². The maximum atomic E-state index is 12.9. The highest BCUT2D eigenvalue weighted by molar-refractivity contribution is 5.88. The van der Waals surface area contributed by atoms with Crippen molar-refractivity contribution in [3.63, 3.8) is 0 Å². The lowest BCUT2D eigenvalue weighted by molar-refractivity contribution is 0.122. The quantitative estimate of drug-likeness (QED) is 0.850. The SMILES string of the molecule is O=C(Nc1ccc(N2CCOCC2)cn1)N1CCCN2c3ccccc3CC2C1. The zero-order chi connectivity index (χ0) is 19.6. The zero-order valence-corrected chi connectivity index (χ0v) is 16.6. The summed E-state index contributed by atoms with van der Waals surface area (Å²) in [6, 6.07) is 12.8. The van der Waals surface area contributed by atoms with Crippen LogP contribution in [0.3, 0.4) is 0 Å². The molecule has 2 amide bonds. The van der Waals surface area contributed by atoms with E-state index < -0.39 is 0 Å². The van der Waals surface area contributed by atoms with E-state index in [0.717, 1.165) is 64.5 Å². The molecular formula is C22H27N5O2. The van der Waals surface area contributed by atoms with Gasteiger partial charge in [-0.05, 0) is 36.6 Å². The summed E-state index contributed by atoms with van der Waals surface area (Å²) >= 11 is 0. The summed E-state index contributed by atoms with van der Waals surface area (Å²) in [4.78, 5) is 24.0. The first-order valence-corrected chi connectivity index (χ1v) is 10.5. The molecule has 0 bridgehead atoms. The van der Waals surface area contributed by atoms with E-state index in [1.54, 1.807) is 0 Å². The van der Waals surface area contributed by atoms with Gasteiger partial charge in [-0.25, -0.2) is 9.78 Å². The van der Waals surface area contributed by atoms with E-state index in [2.05, 4.69) is 44.4 Å². The molecule has 7 nitrogen and oxygen atoms in total. The molecule has 152 valence electrons. The summed E-state index contributed by atoms with van der Waals surface area (Å²) in [5, 5.41) is 2.98. The lowest BCUT2D eigenvalue weighted by Crippen LogP contribution is -2.43. The number of anilines is 3. The minimum atomic E-state index is -0.0607. The number of pyridine rings is 1. The standard InChI is InChI=1S/C22H27N5O2/c28-22(24-21-7-6-18(15-23-21)25-10-12-29-13-11-25)26-8-3-9-27-19(16-26)14-17-4-1-2-5-20(17)27/h1-2,4-7,15,19H,3,8-14,16H2,(H,23,24,28). The van der Waals surface area contributed by atoms with Gasteiger partial charge in [0.15, 0.2) is 0 Å². The van der Waals surface area contributed by atoms with E-state index in [0.29, 0.717) is 11.9 Å². The van der Waals surface area contributed by atoms with Gasteiger partial charge >= 0.3 is 6.03 Å². The van der Waals surface area contributed by atoms with Crippen LogP contribution in [0.2, 0.25) is 0 Å². The Balaban J connectivity index is 1.22. The number of aromatic nitrogens is 1. The lowest BCUT2D eigenvalue weighted by atomic mass is 10.1. The van der Waals surface area contributed by atoms with Gasteiger partial charge in [0, 0.05) is 38.4 Å². The van der Waals surface area contributed by atoms with Crippen LogP contribution in [0, 0.1) is 0 Å². The van der Waals surface area contributed by atoms with Crippen molar-refractivity contribution in [2.24, 2.45) is 0 Å². The Morgan fingerprint density at radius 2 is 1.93 bits per heavy atom. The molecule has 7 heteroatoms. The molecule has 3 aliphatic heterocycles. The van der Waals surface area contributed by atoms with Crippen LogP contribution in [0.25, 0.3) is 0 Å². The number of benzene rings is 1. The van der Waals surface area contributed by atoms with Crippen molar-refractivity contribution in [2.45, 2.75) is 18.9 Å². The molecule has 5 rings (SSSR count). The van der Waals surface area contributed by atoms with Crippen molar-refractivity contribution in [1.29, 1.82) is 0 Å². The first-order valence-electron chi connectivity index (χ1n) is 10.5. The third-order valence-corrected chi connectivity index (χ3v) is 6.10. The number of nitrogens with one attached hydrogen (secondary N) is 1. The van der Waals surface area contributed by atoms with E-state index in [1.165, 1.54) is 11.3 Å². The van der Waals surface area contributed by atoms with Gasteiger partial charge in [0.25, 0.3) is 0 Å². The predicted molar refractivity (Wildman–Crippen MR) is 114 cm³/mol. The number of carbonyl (C=O) groups is 1. The molecule has 2 aromatic rings. The van der Waals surface area contributed by atoms with Gasteiger partial charge in [-0.3, -0.25) is 5.32 Å². The number of morpholine rings is 1. The normalized spacial score (nSPS) is 21.4. The molecule has 1 N–H and O–H groups in total. The summed E-state index contributed by atoms with van der Waals surface area (Å²) in [6.07, 6.45) is 3.81. The van der Waals surface area contributed by atoms with Gasteiger partial charge in [0.2, 0.25) is 0 Å². The summed E-state index contributed by atoms with van der Waals surface area (Å²) in [7, 11) is 0. The molecule has 29 heavy (non-hydrogen) atoms. The van der Waals surface area contributed by atoms with Gasteiger partial charge in [0.1, 0.15) is 5.82 Å². The highest BCUT2D eigenvalue weighted by atomic mass is 16.5. The molecule has 1 aromatic heterocycles. The van der Waals surface area contributed by atoms with E-state index in [4.69, 9.17) is 4.74 Å². The van der Waals surface area contributed by atoms with Gasteiger partial charge < -0.3 is 19.4 Å². The third-order valence-electron chi connectivity index (χ3n) is 6.10. The van der Waals surface area contributed by atoms with Crippen molar-refractivity contribution >= 4 is 23.2 Å². The largest absolute Gasteiger partial charge is 0.378 e. The highest BCUT2D eigenvalue weighted by Gasteiger charge is 2.33. The monoisotopic (exact) mass is 393 g/mol. The number of urea groups is 1. The van der Waals surface area contributed by atoms with E-state index in [-0.39, 0.29) is 6.03 Å². The molecule has 1 unspecified atom stereocenters. The number of rotatable bonds is 2. The van der Waals surface area contributed by atoms with Gasteiger partial charge in [-0.15, -0.1) is 0 Å². The smallest absolute Gasteiger partial charge is 0.323 e. The van der Waals surface area contributed by atoms with Crippen LogP contribution in [0.4, 0.5) is 22.0 Å². The molecule has 2 saturated heterocycles. The fourth-order valence-electron chi connectivity index (χ4n) is 4.61. The molecule has 2 fully saturated rings. The molecule has 1 atom stereocenters. The van der Waals surface area contributed by atoms with Crippen LogP contribution in [0.15, 0.2) is 42.6 Å². The lowest BCUT2D eigenvalue weighted by Gasteiger charge is -2.29. The number of amides is 2. The molecule has 0 radical (unpaired) electrons. The molecule has 0 aliphatic carbocycles. The van der Waals surface area contributed by atoms with Crippen LogP contribution in [-0.4, -0.2) is 67.9 Å². The van der Waals surface area contributed by atoms with E-state index in [9.17, 15) is 4.79 Å². The Labute approximate surface area is 171 Å². The van der Waals surface area contributed by atoms with Crippen molar-refractivity contribution < 1.29 is 9.53 Å². The van der Waals surface area contributed by atoms with Crippen molar-refractivity contribution in [3.8, 4) is 0 Å². The van der Waals surface area contributed by atoms with Crippen molar-refractivity contribution in [3.05, 3.63) is 48.2 Å². The number of ether oxygens (including phenoxy) is 1. The number of hydrogen-bond acceptors (Lipinski definition) is 5. The zero-order valence-electron chi connectivity index (χ0n) is 16.6. The molecule has 3 aliphatic rings. The van der Waals surface area contributed by atoms with Gasteiger partial charge in [-0.1, -0.05) is 18.2 Å². The molecule has 4 heterocycles. The van der Waals surface area contributed by atoms with Crippen molar-refractivity contribution in [2.75, 3.05) is 61.1 Å². The molecule has 1 aromatic carbocycles. The number of carbonyl (C=O) groups excluding carboxylic acids is 1. The average molecular weight is 393 g/mol. The second kappa shape index (κ2) is 7.91. The maximum Gasteiger partial charge on any atom is 0.323 e. The van der Waals surface area contributed by atoms with Gasteiger partial charge in [0.05, 0.1) is 31.1 Å². The minimum Gasteiger partial charge on any atom is -0.378 e. The summed E-state index contributed by atoms with van der Waals surface area (Å²) in [6.45, 7) is 5.76. The fourth-order valence-corrected chi connectivity index (χ4v) is 4.61. The summed E-state index contributed by atoms with van der Waals surface area (Å²) < 4.78 is 5.40. The van der Waals surface area contributed by atoms with Crippen LogP contribution < -0.4 is 15.1 Å². The first-order chi connectivity index (χ1) is 14.3. The fraction of sp³-hybridized carbons (Fsp3) is 0.455. The second-order valence-electron chi connectivity index (χ2n) is 7.91. The molecule has 0 saturated carbocycles. The molecule has 0 spiro atoms. The Morgan fingerprint density at radius 3 is 2.76 bits per heavy atom. The van der Waals surface area contributed by atoms with Crippen molar-refractivity contribution in [1.82, 2.24) is 9.88 Å². The number of para-hydroxylation sites is 1. The molecular weight excluding hydrogens is 366 g/mol. The summed E-state index contributed by atoms with van der Waals surface area (Å²) in [5.74, 6) is 0.600. The third kappa shape index (κ3) is 3.74. The highest BCUT2D eigenvalue weighted by Crippen LogP contribution is 2.33. The topological polar surface area (TPSA) is 60.9 Å². The predicted octanol–water partition coefficient (Wildman–Crippen LogP) is 2.59. The number of hydrogen-bond donors (Lipinski definition) is 1. The van der Waals surface area contributed by atoms with E-state index in [1.807, 2.05) is 23.2 Å². The Bertz CT molecular complexity index is 866.